The molecule has 0 fully saturated rings. The zero-order valence-electron chi connectivity index (χ0n) is 16.7. The van der Waals surface area contributed by atoms with Crippen molar-refractivity contribution < 1.29 is 9.53 Å². The number of amides is 1. The number of nitriles is 1. The summed E-state index contributed by atoms with van der Waals surface area (Å²) >= 11 is 0. The van der Waals surface area contributed by atoms with Gasteiger partial charge in [-0.2, -0.15) is 10.4 Å². The van der Waals surface area contributed by atoms with Gasteiger partial charge in [-0.05, 0) is 49.4 Å². The second-order valence-electron chi connectivity index (χ2n) is 6.34. The van der Waals surface area contributed by atoms with Crippen molar-refractivity contribution in [2.24, 2.45) is 0 Å². The molecule has 0 radical (unpaired) electrons. The van der Waals surface area contributed by atoms with Gasteiger partial charge in [0.2, 0.25) is 0 Å². The number of benzene rings is 2. The highest BCUT2D eigenvalue weighted by molar-refractivity contribution is 6.02. The molecular weight excluding hydrogens is 376 g/mol. The highest BCUT2D eigenvalue weighted by Crippen LogP contribution is 2.27. The highest BCUT2D eigenvalue weighted by Gasteiger charge is 2.15. The summed E-state index contributed by atoms with van der Waals surface area (Å²) in [5.74, 6) is 0.310. The molecule has 0 bridgehead atoms. The standard InChI is InChI=1S/C24H22N4O2/c1-3-14-26-24(29)19(16-25)15-20-17-28(21-8-6-5-7-9-21)27-23(20)18-10-12-22(13-11-18)30-4-2/h3,5-13,15,17H,1,4,14H2,2H3,(H,26,29)/b19-15+. The predicted molar refractivity (Wildman–Crippen MR) is 117 cm³/mol. The number of hydrogen-bond acceptors (Lipinski definition) is 4. The lowest BCUT2D eigenvalue weighted by molar-refractivity contribution is -0.116. The van der Waals surface area contributed by atoms with Crippen molar-refractivity contribution in [3.63, 3.8) is 0 Å². The van der Waals surface area contributed by atoms with Crippen LogP contribution in [-0.2, 0) is 4.79 Å². The number of nitrogens with one attached hydrogen (secondary N) is 1. The summed E-state index contributed by atoms with van der Waals surface area (Å²) in [4.78, 5) is 12.3. The molecule has 150 valence electrons. The maximum absolute atomic E-state index is 12.3. The smallest absolute Gasteiger partial charge is 0.262 e. The molecule has 0 saturated heterocycles. The average molecular weight is 398 g/mol. The number of nitrogens with zero attached hydrogens (tertiary/aromatic N) is 3. The van der Waals surface area contributed by atoms with Gasteiger partial charge < -0.3 is 10.1 Å². The summed E-state index contributed by atoms with van der Waals surface area (Å²) < 4.78 is 7.24. The van der Waals surface area contributed by atoms with Crippen LogP contribution in [0.4, 0.5) is 0 Å². The first kappa shape index (κ1) is 20.6. The Labute approximate surface area is 175 Å². The third-order valence-corrected chi connectivity index (χ3v) is 4.27. The van der Waals surface area contributed by atoms with Crippen molar-refractivity contribution in [1.29, 1.82) is 5.26 Å². The molecule has 1 N–H and O–H groups in total. The van der Waals surface area contributed by atoms with Gasteiger partial charge in [-0.1, -0.05) is 24.3 Å². The van der Waals surface area contributed by atoms with Crippen molar-refractivity contribution in [2.45, 2.75) is 6.92 Å². The molecule has 1 heterocycles. The van der Waals surface area contributed by atoms with E-state index >= 15 is 0 Å². The molecule has 3 rings (SSSR count). The van der Waals surface area contributed by atoms with Crippen LogP contribution in [0.15, 0.2) is 79.0 Å². The summed E-state index contributed by atoms with van der Waals surface area (Å²) in [6, 6.07) is 19.2. The number of aromatic nitrogens is 2. The van der Waals surface area contributed by atoms with Crippen molar-refractivity contribution in [3.8, 4) is 28.8 Å². The van der Waals surface area contributed by atoms with Crippen LogP contribution in [0.3, 0.4) is 0 Å². The zero-order chi connectivity index (χ0) is 21.3. The first-order valence-electron chi connectivity index (χ1n) is 9.55. The zero-order valence-corrected chi connectivity index (χ0v) is 16.7. The van der Waals surface area contributed by atoms with Crippen LogP contribution < -0.4 is 10.1 Å². The van der Waals surface area contributed by atoms with E-state index < -0.39 is 5.91 Å². The van der Waals surface area contributed by atoms with Crippen LogP contribution in [0.25, 0.3) is 23.0 Å². The number of hydrogen-bond donors (Lipinski definition) is 1. The molecule has 0 spiro atoms. The lowest BCUT2D eigenvalue weighted by Crippen LogP contribution is -2.24. The van der Waals surface area contributed by atoms with Crippen LogP contribution in [0.5, 0.6) is 5.75 Å². The van der Waals surface area contributed by atoms with Crippen LogP contribution in [0, 0.1) is 11.3 Å². The Morgan fingerprint density at radius 2 is 1.97 bits per heavy atom. The lowest BCUT2D eigenvalue weighted by Gasteiger charge is -2.05. The molecule has 1 amide bonds. The minimum atomic E-state index is -0.456. The van der Waals surface area contributed by atoms with Gasteiger partial charge in [0.05, 0.1) is 18.0 Å². The molecule has 0 atom stereocenters. The normalized spacial score (nSPS) is 10.9. The van der Waals surface area contributed by atoms with E-state index in [1.807, 2.05) is 67.6 Å². The van der Waals surface area contributed by atoms with Gasteiger partial charge in [0.1, 0.15) is 17.4 Å². The molecule has 1 aromatic heterocycles. The van der Waals surface area contributed by atoms with E-state index in [0.717, 1.165) is 17.0 Å². The summed E-state index contributed by atoms with van der Waals surface area (Å²) in [6.45, 7) is 6.37. The fourth-order valence-corrected chi connectivity index (χ4v) is 2.87. The third kappa shape index (κ3) is 4.83. The van der Waals surface area contributed by atoms with Crippen LogP contribution in [-0.4, -0.2) is 28.8 Å². The molecule has 6 heteroatoms. The van der Waals surface area contributed by atoms with Gasteiger partial charge >= 0.3 is 0 Å². The van der Waals surface area contributed by atoms with E-state index in [4.69, 9.17) is 9.84 Å². The topological polar surface area (TPSA) is 79.9 Å². The predicted octanol–water partition coefficient (Wildman–Crippen LogP) is 4.15. The van der Waals surface area contributed by atoms with Crippen LogP contribution >= 0.6 is 0 Å². The highest BCUT2D eigenvalue weighted by atomic mass is 16.5. The molecule has 0 aliphatic heterocycles. The van der Waals surface area contributed by atoms with E-state index in [2.05, 4.69) is 11.9 Å². The number of ether oxygens (including phenoxy) is 1. The summed E-state index contributed by atoms with van der Waals surface area (Å²) in [6.07, 6.45) is 4.92. The van der Waals surface area contributed by atoms with Gasteiger partial charge in [-0.3, -0.25) is 4.79 Å². The minimum absolute atomic E-state index is 0.00310. The number of rotatable bonds is 8. The van der Waals surface area contributed by atoms with Crippen molar-refractivity contribution in [2.75, 3.05) is 13.2 Å². The first-order chi connectivity index (χ1) is 14.7. The van der Waals surface area contributed by atoms with Gasteiger partial charge in [0.25, 0.3) is 5.91 Å². The lowest BCUT2D eigenvalue weighted by atomic mass is 10.1. The average Bonchev–Trinajstić information content (AvgIpc) is 3.21. The van der Waals surface area contributed by atoms with Crippen molar-refractivity contribution in [3.05, 3.63) is 84.6 Å². The molecule has 0 aliphatic rings. The molecule has 6 nitrogen and oxygen atoms in total. The molecule has 0 aliphatic carbocycles. The Bertz CT molecular complexity index is 1090. The third-order valence-electron chi connectivity index (χ3n) is 4.27. The molecular formula is C24H22N4O2. The number of para-hydroxylation sites is 1. The molecule has 3 aromatic rings. The molecule has 0 saturated carbocycles. The van der Waals surface area contributed by atoms with Gasteiger partial charge in [0.15, 0.2) is 0 Å². The summed E-state index contributed by atoms with van der Waals surface area (Å²) in [5.41, 5.74) is 3.04. The second kappa shape index (κ2) is 9.89. The van der Waals surface area contributed by atoms with Gasteiger partial charge in [0, 0.05) is 23.9 Å². The summed E-state index contributed by atoms with van der Waals surface area (Å²) in [5, 5.41) is 16.8. The Morgan fingerprint density at radius 1 is 1.23 bits per heavy atom. The maximum Gasteiger partial charge on any atom is 0.262 e. The Hall–Kier alpha value is -4.11. The van der Waals surface area contributed by atoms with Gasteiger partial charge in [-0.15, -0.1) is 6.58 Å². The number of carbonyl (C=O) groups excluding carboxylic acids is 1. The van der Waals surface area contributed by atoms with E-state index in [0.29, 0.717) is 17.9 Å². The van der Waals surface area contributed by atoms with Crippen molar-refractivity contribution >= 4 is 12.0 Å². The molecule has 30 heavy (non-hydrogen) atoms. The fraction of sp³-hybridized carbons (Fsp3) is 0.125. The Kier molecular flexibility index (Phi) is 6.80. The second-order valence-corrected chi connectivity index (χ2v) is 6.34. The quantitative estimate of drug-likeness (QED) is 0.351. The van der Waals surface area contributed by atoms with Crippen molar-refractivity contribution in [1.82, 2.24) is 15.1 Å². The SMILES string of the molecule is C=CCNC(=O)/C(C#N)=C/c1cn(-c2ccccc2)nc1-c1ccc(OCC)cc1. The van der Waals surface area contributed by atoms with E-state index in [1.165, 1.54) is 0 Å². The number of carbonyl (C=O) groups is 1. The van der Waals surface area contributed by atoms with E-state index in [9.17, 15) is 10.1 Å². The monoisotopic (exact) mass is 398 g/mol. The van der Waals surface area contributed by atoms with Gasteiger partial charge in [-0.25, -0.2) is 4.68 Å². The fourth-order valence-electron chi connectivity index (χ4n) is 2.87. The maximum atomic E-state index is 12.3. The molecule has 0 unspecified atom stereocenters. The van der Waals surface area contributed by atoms with E-state index in [1.54, 1.807) is 23.0 Å². The van der Waals surface area contributed by atoms with Crippen LogP contribution in [0.1, 0.15) is 12.5 Å². The van der Waals surface area contributed by atoms with E-state index in [-0.39, 0.29) is 12.1 Å². The van der Waals surface area contributed by atoms with Crippen LogP contribution in [0.2, 0.25) is 0 Å². The largest absolute Gasteiger partial charge is 0.494 e. The Morgan fingerprint density at radius 3 is 2.60 bits per heavy atom. The Balaban J connectivity index is 2.07. The molecule has 2 aromatic carbocycles. The minimum Gasteiger partial charge on any atom is -0.494 e. The first-order valence-corrected chi connectivity index (χ1v) is 9.55. The summed E-state index contributed by atoms with van der Waals surface area (Å²) in [7, 11) is 0.